The van der Waals surface area contributed by atoms with Crippen LogP contribution < -0.4 is 19.7 Å². The summed E-state index contributed by atoms with van der Waals surface area (Å²) in [7, 11) is 1.56. The van der Waals surface area contributed by atoms with Crippen molar-refractivity contribution >= 4 is 29.2 Å². The molecule has 37 heavy (non-hydrogen) atoms. The molecule has 0 saturated carbocycles. The van der Waals surface area contributed by atoms with Gasteiger partial charge in [0.25, 0.3) is 5.91 Å². The number of hydrogen-bond acceptors (Lipinski definition) is 5. The minimum absolute atomic E-state index is 0.121. The molecular weight excluding hydrogens is 470 g/mol. The molecule has 1 N–H and O–H groups in total. The second kappa shape index (κ2) is 12.4. The van der Waals surface area contributed by atoms with Crippen molar-refractivity contribution in [1.82, 2.24) is 4.90 Å². The summed E-state index contributed by atoms with van der Waals surface area (Å²) in [4.78, 5) is 42.6. The van der Waals surface area contributed by atoms with Gasteiger partial charge in [-0.25, -0.2) is 9.69 Å². The number of benzene rings is 2. The van der Waals surface area contributed by atoms with Crippen LogP contribution in [0.25, 0.3) is 0 Å². The fraction of sp³-hybridized carbons (Fsp3) is 0.414. The molecule has 1 aliphatic carbocycles. The van der Waals surface area contributed by atoms with Crippen LogP contribution in [-0.4, -0.2) is 49.0 Å². The number of hydrogen-bond donors (Lipinski definition) is 1. The second-order valence-corrected chi connectivity index (χ2v) is 9.35. The van der Waals surface area contributed by atoms with E-state index in [0.717, 1.165) is 31.4 Å². The number of nitrogens with zero attached hydrogens (tertiary/aromatic N) is 2. The van der Waals surface area contributed by atoms with Gasteiger partial charge in [0.15, 0.2) is 0 Å². The van der Waals surface area contributed by atoms with Gasteiger partial charge in [-0.05, 0) is 87.1 Å². The molecule has 0 unspecified atom stereocenters. The third-order valence-electron chi connectivity index (χ3n) is 6.70. The minimum atomic E-state index is -0.869. The number of anilines is 2. The molecule has 2 aromatic rings. The second-order valence-electron chi connectivity index (χ2n) is 9.35. The first-order valence-electron chi connectivity index (χ1n) is 13.0. The number of rotatable bonds is 11. The molecule has 2 aliphatic rings. The van der Waals surface area contributed by atoms with Gasteiger partial charge < -0.3 is 19.7 Å². The van der Waals surface area contributed by atoms with E-state index in [9.17, 15) is 14.4 Å². The SMILES string of the molecule is CCCOc1ccc(NC(=O)C[C@@H]2C(=O)N(c3ccc(OC)cc3)C(=O)N2CCC2=CCCCC2)cc1. The van der Waals surface area contributed by atoms with Gasteiger partial charge in [-0.2, -0.15) is 0 Å². The van der Waals surface area contributed by atoms with Gasteiger partial charge in [-0.15, -0.1) is 0 Å². The largest absolute Gasteiger partial charge is 0.497 e. The standard InChI is InChI=1S/C29H35N3O5/c1-3-19-37-25-13-9-22(10-14-25)30-27(33)20-26-28(34)32(23-11-15-24(36-2)16-12-23)29(35)31(26)18-17-21-7-5-4-6-8-21/h7,9-16,26H,3-6,8,17-20H2,1-2H3,(H,30,33)/t26-/m1/s1. The highest BCUT2D eigenvalue weighted by atomic mass is 16.5. The van der Waals surface area contributed by atoms with Crippen molar-refractivity contribution in [3.05, 3.63) is 60.2 Å². The van der Waals surface area contributed by atoms with Gasteiger partial charge in [0.1, 0.15) is 17.5 Å². The quantitative estimate of drug-likeness (QED) is 0.320. The van der Waals surface area contributed by atoms with E-state index in [4.69, 9.17) is 9.47 Å². The van der Waals surface area contributed by atoms with Crippen LogP contribution in [0.3, 0.4) is 0 Å². The number of imide groups is 1. The predicted octanol–water partition coefficient (Wildman–Crippen LogP) is 5.54. The molecular formula is C29H35N3O5. The fourth-order valence-corrected chi connectivity index (χ4v) is 4.69. The maximum atomic E-state index is 13.5. The molecule has 1 fully saturated rings. The van der Waals surface area contributed by atoms with Crippen LogP contribution in [0.15, 0.2) is 60.2 Å². The molecule has 2 aromatic carbocycles. The maximum Gasteiger partial charge on any atom is 0.332 e. The van der Waals surface area contributed by atoms with E-state index in [1.165, 1.54) is 16.9 Å². The molecule has 1 saturated heterocycles. The van der Waals surface area contributed by atoms with Crippen LogP contribution in [-0.2, 0) is 9.59 Å². The summed E-state index contributed by atoms with van der Waals surface area (Å²) < 4.78 is 10.8. The van der Waals surface area contributed by atoms with E-state index < -0.39 is 18.0 Å². The lowest BCUT2D eigenvalue weighted by Crippen LogP contribution is -2.38. The van der Waals surface area contributed by atoms with E-state index in [0.29, 0.717) is 36.7 Å². The van der Waals surface area contributed by atoms with E-state index >= 15 is 0 Å². The fourth-order valence-electron chi connectivity index (χ4n) is 4.69. The molecule has 1 aliphatic heterocycles. The molecule has 4 rings (SSSR count). The number of ether oxygens (including phenoxy) is 2. The molecule has 1 heterocycles. The first kappa shape index (κ1) is 26.3. The zero-order chi connectivity index (χ0) is 26.2. The van der Waals surface area contributed by atoms with E-state index in [1.54, 1.807) is 60.5 Å². The Morgan fingerprint density at radius 2 is 1.76 bits per heavy atom. The van der Waals surface area contributed by atoms with Crippen LogP contribution in [0, 0.1) is 0 Å². The number of nitrogens with one attached hydrogen (secondary N) is 1. The van der Waals surface area contributed by atoms with Crippen molar-refractivity contribution in [2.75, 3.05) is 30.5 Å². The first-order chi connectivity index (χ1) is 18.0. The van der Waals surface area contributed by atoms with Gasteiger partial charge >= 0.3 is 6.03 Å². The van der Waals surface area contributed by atoms with Crippen LogP contribution in [0.5, 0.6) is 11.5 Å². The Morgan fingerprint density at radius 3 is 2.41 bits per heavy atom. The number of methoxy groups -OCH3 is 1. The van der Waals surface area contributed by atoms with E-state index in [2.05, 4.69) is 11.4 Å². The number of allylic oxidation sites excluding steroid dienone is 1. The van der Waals surface area contributed by atoms with Gasteiger partial charge in [0, 0.05) is 12.2 Å². The summed E-state index contributed by atoms with van der Waals surface area (Å²) in [6.45, 7) is 3.06. The van der Waals surface area contributed by atoms with E-state index in [1.807, 2.05) is 6.92 Å². The van der Waals surface area contributed by atoms with Crippen molar-refractivity contribution in [1.29, 1.82) is 0 Å². The topological polar surface area (TPSA) is 88.2 Å². The predicted molar refractivity (Wildman–Crippen MR) is 143 cm³/mol. The average Bonchev–Trinajstić information content (AvgIpc) is 3.15. The molecule has 0 radical (unpaired) electrons. The highest BCUT2D eigenvalue weighted by molar-refractivity contribution is 6.22. The molecule has 0 spiro atoms. The molecule has 0 aromatic heterocycles. The molecule has 4 amide bonds. The highest BCUT2D eigenvalue weighted by Crippen LogP contribution is 2.30. The normalized spacial score (nSPS) is 17.6. The zero-order valence-electron chi connectivity index (χ0n) is 21.6. The summed E-state index contributed by atoms with van der Waals surface area (Å²) in [5, 5.41) is 2.85. The molecule has 0 bridgehead atoms. The van der Waals surface area contributed by atoms with Crippen LogP contribution in [0.2, 0.25) is 0 Å². The smallest absolute Gasteiger partial charge is 0.332 e. The van der Waals surface area contributed by atoms with Crippen molar-refractivity contribution in [3.63, 3.8) is 0 Å². The molecule has 8 nitrogen and oxygen atoms in total. The number of urea groups is 1. The summed E-state index contributed by atoms with van der Waals surface area (Å²) in [5.74, 6) is 0.638. The van der Waals surface area contributed by atoms with Crippen LogP contribution in [0.1, 0.15) is 51.9 Å². The molecule has 1 atom stereocenters. The lowest BCUT2D eigenvalue weighted by molar-refractivity contribution is -0.124. The molecule has 196 valence electrons. The Labute approximate surface area is 218 Å². The van der Waals surface area contributed by atoms with Crippen LogP contribution in [0.4, 0.5) is 16.2 Å². The van der Waals surface area contributed by atoms with Gasteiger partial charge in [0.2, 0.25) is 5.91 Å². The Morgan fingerprint density at radius 1 is 1.03 bits per heavy atom. The minimum Gasteiger partial charge on any atom is -0.497 e. The summed E-state index contributed by atoms with van der Waals surface area (Å²) >= 11 is 0. The Bertz CT molecular complexity index is 1130. The summed E-state index contributed by atoms with van der Waals surface area (Å²) in [5.41, 5.74) is 2.38. The van der Waals surface area contributed by atoms with E-state index in [-0.39, 0.29) is 12.3 Å². The molecule has 8 heteroatoms. The highest BCUT2D eigenvalue weighted by Gasteiger charge is 2.46. The first-order valence-corrected chi connectivity index (χ1v) is 13.0. The summed E-state index contributed by atoms with van der Waals surface area (Å²) in [6, 6.07) is 12.6. The van der Waals surface area contributed by atoms with Crippen molar-refractivity contribution < 1.29 is 23.9 Å². The van der Waals surface area contributed by atoms with Crippen LogP contribution >= 0.6 is 0 Å². The zero-order valence-corrected chi connectivity index (χ0v) is 21.6. The lowest BCUT2D eigenvalue weighted by Gasteiger charge is -2.23. The monoisotopic (exact) mass is 505 g/mol. The van der Waals surface area contributed by atoms with Gasteiger partial charge in [-0.3, -0.25) is 9.59 Å². The lowest BCUT2D eigenvalue weighted by atomic mass is 9.97. The van der Waals surface area contributed by atoms with Crippen molar-refractivity contribution in [2.45, 2.75) is 57.9 Å². The number of carbonyl (C=O) groups excluding carboxylic acids is 3. The summed E-state index contributed by atoms with van der Waals surface area (Å²) in [6.07, 6.45) is 8.12. The Balaban J connectivity index is 1.48. The third-order valence-corrected chi connectivity index (χ3v) is 6.70. The van der Waals surface area contributed by atoms with Crippen molar-refractivity contribution in [3.8, 4) is 11.5 Å². The van der Waals surface area contributed by atoms with Gasteiger partial charge in [-0.1, -0.05) is 18.6 Å². The Kier molecular flexibility index (Phi) is 8.82. The maximum absolute atomic E-state index is 13.5. The van der Waals surface area contributed by atoms with Crippen molar-refractivity contribution in [2.24, 2.45) is 0 Å². The Hall–Kier alpha value is -3.81. The number of amides is 4. The van der Waals surface area contributed by atoms with Gasteiger partial charge in [0.05, 0.1) is 25.8 Å². The third kappa shape index (κ3) is 6.50. The number of carbonyl (C=O) groups is 3. The average molecular weight is 506 g/mol.